The maximum atomic E-state index is 6.58. The highest BCUT2D eigenvalue weighted by Crippen LogP contribution is 2.60. The molecule has 2 bridgehead atoms. The van der Waals surface area contributed by atoms with Crippen molar-refractivity contribution < 1.29 is 33.5 Å². The highest BCUT2D eigenvalue weighted by molar-refractivity contribution is 5.73. The van der Waals surface area contributed by atoms with Crippen molar-refractivity contribution in [1.82, 2.24) is 10.2 Å². The van der Waals surface area contributed by atoms with Crippen molar-refractivity contribution in [1.29, 1.82) is 0 Å². The van der Waals surface area contributed by atoms with Crippen LogP contribution in [-0.4, -0.2) is 48.4 Å². The first kappa shape index (κ1) is 26.8. The lowest BCUT2D eigenvalue weighted by Crippen LogP contribution is -2.70. The Bertz CT molecular complexity index is 1410. The van der Waals surface area contributed by atoms with Crippen LogP contribution in [0.4, 0.5) is 0 Å². The maximum Gasteiger partial charge on any atom is 0.205 e. The fraction of sp³-hybridized carbons (Fsp3) is 0.531. The lowest BCUT2D eigenvalue weighted by Gasteiger charge is -2.60. The third-order valence-electron chi connectivity index (χ3n) is 9.78. The van der Waals surface area contributed by atoms with Gasteiger partial charge in [0.15, 0.2) is 11.9 Å². The molecule has 0 radical (unpaired) electrons. The van der Waals surface area contributed by atoms with E-state index in [1.165, 1.54) is 0 Å². The van der Waals surface area contributed by atoms with E-state index in [1.54, 1.807) is 14.2 Å². The Morgan fingerprint density at radius 1 is 0.902 bits per heavy atom. The normalized spacial score (nSPS) is 35.8. The molecule has 2 aromatic carbocycles. The summed E-state index contributed by atoms with van der Waals surface area (Å²) in [5.74, 6) is 2.54. The number of aromatic nitrogens is 2. The van der Waals surface area contributed by atoms with Gasteiger partial charge in [0.2, 0.25) is 12.1 Å². The first-order valence-electron chi connectivity index (χ1n) is 14.6. The molecule has 5 aliphatic rings. The minimum atomic E-state index is -0.803. The van der Waals surface area contributed by atoms with E-state index >= 15 is 0 Å². The second kappa shape index (κ2) is 10.0. The summed E-state index contributed by atoms with van der Waals surface area (Å²) in [5.41, 5.74) is 2.96. The number of rotatable bonds is 6. The summed E-state index contributed by atoms with van der Waals surface area (Å²) in [6.45, 7) is 6.46. The number of hydrogen-bond acceptors (Lipinski definition) is 8. The maximum absolute atomic E-state index is 6.58. The number of nitrogens with one attached hydrogen (secondary N) is 1. The van der Waals surface area contributed by atoms with Gasteiger partial charge in [0.05, 0.1) is 25.6 Å². The molecular weight excluding hydrogens is 524 g/mol. The van der Waals surface area contributed by atoms with Gasteiger partial charge in [-0.1, -0.05) is 13.8 Å². The molecular formula is C32H38N2O7. The van der Waals surface area contributed by atoms with Gasteiger partial charge in [-0.15, -0.1) is 0 Å². The molecule has 1 saturated carbocycles. The van der Waals surface area contributed by atoms with Gasteiger partial charge in [-0.2, -0.15) is 5.10 Å². The van der Waals surface area contributed by atoms with E-state index in [-0.39, 0.29) is 11.8 Å². The summed E-state index contributed by atoms with van der Waals surface area (Å²) in [6.07, 6.45) is 3.00. The smallest absolute Gasteiger partial charge is 0.205 e. The number of methoxy groups -OCH3 is 2. The van der Waals surface area contributed by atoms with Gasteiger partial charge in [-0.25, -0.2) is 9.78 Å². The standard InChI is InChI=1S/C32H38N2O7/c1-18-6-13-25-19(2)29(38-30-32(25)24(18)14-15-31(3,39-30)40-41-32)37-21-9-7-20(8-10-21)26-17-27(34-33-26)23-12-11-22(35-4)16-28(23)36-5/h7-12,16-19,24-25,29-30H,6,13-15H2,1-5H3,(H,33,34)/t18-,19-,24+,25+,29+,30-,31-,32-/m1/s1. The SMILES string of the molecule is COc1ccc(-c2cc(-c3ccc(O[C@H]4O[C@@H]5O[C@@]6(C)CC[C@H]7[C@H](C)CC[C@@H]([C@H]4C)[C@@]57OO6)cc3)n[nH]2)c(OC)c1. The minimum absolute atomic E-state index is 0.101. The molecule has 3 aromatic rings. The van der Waals surface area contributed by atoms with Crippen molar-refractivity contribution in [3.63, 3.8) is 0 Å². The van der Waals surface area contributed by atoms with Crippen LogP contribution in [0, 0.1) is 23.7 Å². The summed E-state index contributed by atoms with van der Waals surface area (Å²) >= 11 is 0. The summed E-state index contributed by atoms with van der Waals surface area (Å²) in [4.78, 5) is 12.2. The molecule has 8 rings (SSSR count). The van der Waals surface area contributed by atoms with Crippen LogP contribution >= 0.6 is 0 Å². The Morgan fingerprint density at radius 2 is 1.71 bits per heavy atom. The van der Waals surface area contributed by atoms with Gasteiger partial charge in [-0.3, -0.25) is 5.10 Å². The Morgan fingerprint density at radius 3 is 2.49 bits per heavy atom. The quantitative estimate of drug-likeness (QED) is 0.348. The fourth-order valence-corrected chi connectivity index (χ4v) is 7.47. The molecule has 9 nitrogen and oxygen atoms in total. The van der Waals surface area contributed by atoms with Crippen LogP contribution in [-0.2, 0) is 19.2 Å². The average molecular weight is 563 g/mol. The van der Waals surface area contributed by atoms with Crippen LogP contribution in [0.3, 0.4) is 0 Å². The molecule has 0 amide bonds. The molecule has 4 saturated heterocycles. The summed E-state index contributed by atoms with van der Waals surface area (Å²) in [6, 6.07) is 15.7. The zero-order chi connectivity index (χ0) is 28.4. The topological polar surface area (TPSA) is 93.3 Å². The number of aromatic amines is 1. The molecule has 8 atom stereocenters. The fourth-order valence-electron chi connectivity index (χ4n) is 7.47. The van der Waals surface area contributed by atoms with Crippen LogP contribution in [0.5, 0.6) is 17.2 Å². The van der Waals surface area contributed by atoms with Crippen molar-refractivity contribution in [3.8, 4) is 39.8 Å². The molecule has 5 heterocycles. The van der Waals surface area contributed by atoms with Crippen LogP contribution < -0.4 is 14.2 Å². The van der Waals surface area contributed by atoms with E-state index in [0.29, 0.717) is 17.6 Å². The van der Waals surface area contributed by atoms with E-state index in [9.17, 15) is 0 Å². The summed E-state index contributed by atoms with van der Waals surface area (Å²) in [7, 11) is 3.28. The van der Waals surface area contributed by atoms with Gasteiger partial charge >= 0.3 is 0 Å². The predicted molar refractivity (Wildman–Crippen MR) is 150 cm³/mol. The lowest BCUT2D eigenvalue weighted by atomic mass is 9.58. The van der Waals surface area contributed by atoms with Gasteiger partial charge in [-0.05, 0) is 80.5 Å². The first-order valence-corrected chi connectivity index (χ1v) is 14.6. The number of nitrogens with zero attached hydrogens (tertiary/aromatic N) is 1. The Labute approximate surface area is 240 Å². The molecule has 5 fully saturated rings. The molecule has 1 aliphatic carbocycles. The molecule has 1 N–H and O–H groups in total. The second-order valence-corrected chi connectivity index (χ2v) is 12.1. The minimum Gasteiger partial charge on any atom is -0.497 e. The van der Waals surface area contributed by atoms with Gasteiger partial charge in [0.1, 0.15) is 17.2 Å². The summed E-state index contributed by atoms with van der Waals surface area (Å²) < 4.78 is 30.4. The van der Waals surface area contributed by atoms with E-state index in [2.05, 4.69) is 24.0 Å². The van der Waals surface area contributed by atoms with Crippen LogP contribution in [0.15, 0.2) is 48.5 Å². The molecule has 41 heavy (non-hydrogen) atoms. The van der Waals surface area contributed by atoms with Crippen molar-refractivity contribution in [2.75, 3.05) is 14.2 Å². The highest BCUT2D eigenvalue weighted by atomic mass is 17.3. The van der Waals surface area contributed by atoms with Crippen LogP contribution in [0.1, 0.15) is 46.5 Å². The zero-order valence-electron chi connectivity index (χ0n) is 24.2. The van der Waals surface area contributed by atoms with Crippen molar-refractivity contribution in [2.24, 2.45) is 23.7 Å². The predicted octanol–water partition coefficient (Wildman–Crippen LogP) is 6.35. The van der Waals surface area contributed by atoms with Crippen LogP contribution in [0.2, 0.25) is 0 Å². The lowest BCUT2D eigenvalue weighted by molar-refractivity contribution is -0.575. The number of hydrogen-bond donors (Lipinski definition) is 1. The third kappa shape index (κ3) is 4.33. The van der Waals surface area contributed by atoms with Gasteiger partial charge in [0.25, 0.3) is 0 Å². The highest BCUT2D eigenvalue weighted by Gasteiger charge is 2.69. The molecule has 0 unspecified atom stereocenters. The molecule has 9 heteroatoms. The van der Waals surface area contributed by atoms with Crippen molar-refractivity contribution >= 4 is 0 Å². The molecule has 1 aromatic heterocycles. The Hall–Kier alpha value is -3.11. The largest absolute Gasteiger partial charge is 0.497 e. The number of fused-ring (bicyclic) bond motifs is 2. The molecule has 4 aliphatic heterocycles. The number of ether oxygens (including phenoxy) is 5. The van der Waals surface area contributed by atoms with Crippen molar-refractivity contribution in [3.05, 3.63) is 48.5 Å². The van der Waals surface area contributed by atoms with Crippen LogP contribution in [0.25, 0.3) is 22.5 Å². The van der Waals surface area contributed by atoms with Crippen molar-refractivity contribution in [2.45, 2.75) is 70.4 Å². The van der Waals surface area contributed by atoms with E-state index < -0.39 is 24.0 Å². The number of benzene rings is 2. The molecule has 1 spiro atoms. The first-order chi connectivity index (χ1) is 19.8. The Balaban J connectivity index is 1.10. The molecule has 218 valence electrons. The zero-order valence-corrected chi connectivity index (χ0v) is 24.2. The average Bonchev–Trinajstić information content (AvgIpc) is 3.37. The van der Waals surface area contributed by atoms with Gasteiger partial charge < -0.3 is 23.7 Å². The van der Waals surface area contributed by atoms with Gasteiger partial charge in [0, 0.05) is 35.4 Å². The van der Waals surface area contributed by atoms with E-state index in [1.807, 2.05) is 55.5 Å². The van der Waals surface area contributed by atoms with E-state index in [4.69, 9.17) is 33.5 Å². The van der Waals surface area contributed by atoms with E-state index in [0.717, 1.165) is 59.7 Å². The monoisotopic (exact) mass is 562 g/mol. The Kier molecular flexibility index (Phi) is 6.54. The summed E-state index contributed by atoms with van der Waals surface area (Å²) in [5, 5.41) is 7.67. The third-order valence-corrected chi connectivity index (χ3v) is 9.78. The second-order valence-electron chi connectivity index (χ2n) is 12.1. The number of H-pyrrole nitrogens is 1.